The zero-order valence-electron chi connectivity index (χ0n) is 11.2. The molecule has 0 amide bonds. The second-order valence-electron chi connectivity index (χ2n) is 4.57. The van der Waals surface area contributed by atoms with Crippen molar-refractivity contribution in [1.29, 1.82) is 0 Å². The highest BCUT2D eigenvalue weighted by atomic mass is 19.1. The molecule has 2 aromatic carbocycles. The van der Waals surface area contributed by atoms with E-state index in [1.165, 1.54) is 11.6 Å². The van der Waals surface area contributed by atoms with Crippen molar-refractivity contribution in [1.82, 2.24) is 0 Å². The maximum absolute atomic E-state index is 13.2. The first-order valence-electron chi connectivity index (χ1n) is 6.26. The summed E-state index contributed by atoms with van der Waals surface area (Å²) < 4.78 is 18.3. The number of ether oxygens (including phenoxy) is 1. The molecule has 0 fully saturated rings. The number of aryl methyl sites for hydroxylation is 1. The smallest absolute Gasteiger partial charge is 0.126 e. The maximum atomic E-state index is 13.2. The molecule has 0 heterocycles. The number of hydrogen-bond acceptors (Lipinski definition) is 2. The molecule has 0 unspecified atom stereocenters. The molecule has 19 heavy (non-hydrogen) atoms. The van der Waals surface area contributed by atoms with Crippen molar-refractivity contribution >= 4 is 5.69 Å². The lowest BCUT2D eigenvalue weighted by molar-refractivity contribution is 0.185. The first-order chi connectivity index (χ1) is 9.19. The Morgan fingerprint density at radius 2 is 1.89 bits per heavy atom. The van der Waals surface area contributed by atoms with Crippen LogP contribution in [0.3, 0.4) is 0 Å². The summed E-state index contributed by atoms with van der Waals surface area (Å²) in [5, 5.41) is 3.29. The minimum absolute atomic E-state index is 0.173. The molecule has 0 saturated carbocycles. The minimum atomic E-state index is -0.173. The third-order valence-corrected chi connectivity index (χ3v) is 2.96. The summed E-state index contributed by atoms with van der Waals surface area (Å²) in [6.45, 7) is 3.09. The van der Waals surface area contributed by atoms with Crippen LogP contribution in [0, 0.1) is 12.7 Å². The molecule has 0 saturated heterocycles. The topological polar surface area (TPSA) is 21.3 Å². The number of benzene rings is 2. The predicted molar refractivity (Wildman–Crippen MR) is 75.6 cm³/mol. The number of methoxy groups -OCH3 is 1. The molecule has 100 valence electrons. The Kier molecular flexibility index (Phi) is 4.53. The monoisotopic (exact) mass is 259 g/mol. The highest BCUT2D eigenvalue weighted by Gasteiger charge is 2.00. The molecule has 0 spiro atoms. The van der Waals surface area contributed by atoms with Gasteiger partial charge in [-0.15, -0.1) is 0 Å². The van der Waals surface area contributed by atoms with Crippen molar-refractivity contribution in [2.24, 2.45) is 0 Å². The maximum Gasteiger partial charge on any atom is 0.126 e. The molecule has 3 heteroatoms. The SMILES string of the molecule is COCc1cccc(CNc2ccc(F)c(C)c2)c1. The van der Waals surface area contributed by atoms with E-state index in [0.29, 0.717) is 18.7 Å². The Morgan fingerprint density at radius 3 is 2.63 bits per heavy atom. The molecule has 0 aromatic heterocycles. The van der Waals surface area contributed by atoms with E-state index in [0.717, 1.165) is 11.3 Å². The molecular weight excluding hydrogens is 241 g/mol. The highest BCUT2D eigenvalue weighted by Crippen LogP contribution is 2.15. The van der Waals surface area contributed by atoms with Crippen LogP contribution in [0.15, 0.2) is 42.5 Å². The van der Waals surface area contributed by atoms with Crippen LogP contribution in [0.2, 0.25) is 0 Å². The van der Waals surface area contributed by atoms with E-state index >= 15 is 0 Å². The number of rotatable bonds is 5. The van der Waals surface area contributed by atoms with E-state index in [4.69, 9.17) is 4.74 Å². The van der Waals surface area contributed by atoms with E-state index in [2.05, 4.69) is 17.4 Å². The third kappa shape index (κ3) is 3.80. The van der Waals surface area contributed by atoms with Crippen LogP contribution in [0.4, 0.5) is 10.1 Å². The third-order valence-electron chi connectivity index (χ3n) is 2.96. The quantitative estimate of drug-likeness (QED) is 0.879. The van der Waals surface area contributed by atoms with Gasteiger partial charge in [0.1, 0.15) is 5.82 Å². The Balaban J connectivity index is 2.01. The molecule has 0 aliphatic carbocycles. The lowest BCUT2D eigenvalue weighted by Gasteiger charge is -2.09. The van der Waals surface area contributed by atoms with E-state index in [1.807, 2.05) is 18.2 Å². The second-order valence-corrected chi connectivity index (χ2v) is 4.57. The van der Waals surface area contributed by atoms with Gasteiger partial charge in [0.25, 0.3) is 0 Å². The Bertz CT molecular complexity index is 554. The number of anilines is 1. The van der Waals surface area contributed by atoms with E-state index in [-0.39, 0.29) is 5.82 Å². The van der Waals surface area contributed by atoms with Gasteiger partial charge in [-0.3, -0.25) is 0 Å². The zero-order valence-corrected chi connectivity index (χ0v) is 11.2. The number of hydrogen-bond donors (Lipinski definition) is 1. The van der Waals surface area contributed by atoms with Crippen molar-refractivity contribution in [2.75, 3.05) is 12.4 Å². The summed E-state index contributed by atoms with van der Waals surface area (Å²) >= 11 is 0. The van der Waals surface area contributed by atoms with Crippen molar-refractivity contribution in [3.8, 4) is 0 Å². The summed E-state index contributed by atoms with van der Waals surface area (Å²) in [6, 6.07) is 13.3. The van der Waals surface area contributed by atoms with Gasteiger partial charge in [0.05, 0.1) is 6.61 Å². The first-order valence-corrected chi connectivity index (χ1v) is 6.26. The summed E-state index contributed by atoms with van der Waals surface area (Å²) in [5.41, 5.74) is 3.91. The van der Waals surface area contributed by atoms with Gasteiger partial charge in [-0.05, 0) is 41.8 Å². The average Bonchev–Trinajstić information content (AvgIpc) is 2.41. The molecule has 0 aliphatic rings. The average molecular weight is 259 g/mol. The lowest BCUT2D eigenvalue weighted by atomic mass is 10.1. The highest BCUT2D eigenvalue weighted by molar-refractivity contribution is 5.46. The standard InChI is InChI=1S/C16H18FNO/c1-12-8-15(6-7-16(12)17)18-10-13-4-3-5-14(9-13)11-19-2/h3-9,18H,10-11H2,1-2H3. The van der Waals surface area contributed by atoms with Crippen molar-refractivity contribution in [2.45, 2.75) is 20.1 Å². The van der Waals surface area contributed by atoms with Crippen LogP contribution < -0.4 is 5.32 Å². The number of halogens is 1. The summed E-state index contributed by atoms with van der Waals surface area (Å²) in [6.07, 6.45) is 0. The van der Waals surface area contributed by atoms with Crippen LogP contribution in [0.5, 0.6) is 0 Å². The summed E-state index contributed by atoms with van der Waals surface area (Å²) in [5.74, 6) is -0.173. The van der Waals surface area contributed by atoms with Crippen LogP contribution in [-0.2, 0) is 17.9 Å². The van der Waals surface area contributed by atoms with Crippen molar-refractivity contribution in [3.63, 3.8) is 0 Å². The van der Waals surface area contributed by atoms with Crippen LogP contribution in [0.25, 0.3) is 0 Å². The first kappa shape index (κ1) is 13.6. The van der Waals surface area contributed by atoms with Crippen LogP contribution in [0.1, 0.15) is 16.7 Å². The van der Waals surface area contributed by atoms with E-state index in [1.54, 1.807) is 20.1 Å². The zero-order chi connectivity index (χ0) is 13.7. The fraction of sp³-hybridized carbons (Fsp3) is 0.250. The normalized spacial score (nSPS) is 10.5. The molecule has 0 atom stereocenters. The van der Waals surface area contributed by atoms with Gasteiger partial charge in [-0.1, -0.05) is 24.3 Å². The molecule has 2 aromatic rings. The van der Waals surface area contributed by atoms with Crippen molar-refractivity contribution < 1.29 is 9.13 Å². The van der Waals surface area contributed by atoms with E-state index in [9.17, 15) is 4.39 Å². The van der Waals surface area contributed by atoms with Gasteiger partial charge < -0.3 is 10.1 Å². The summed E-state index contributed by atoms with van der Waals surface area (Å²) in [7, 11) is 1.69. The van der Waals surface area contributed by atoms with Gasteiger partial charge in [0, 0.05) is 19.3 Å². The fourth-order valence-corrected chi connectivity index (χ4v) is 1.95. The lowest BCUT2D eigenvalue weighted by Crippen LogP contribution is -2.01. The molecular formula is C16H18FNO. The molecule has 0 radical (unpaired) electrons. The molecule has 1 N–H and O–H groups in total. The van der Waals surface area contributed by atoms with Crippen LogP contribution in [-0.4, -0.2) is 7.11 Å². The number of nitrogens with one attached hydrogen (secondary N) is 1. The van der Waals surface area contributed by atoms with Crippen LogP contribution >= 0.6 is 0 Å². The van der Waals surface area contributed by atoms with Gasteiger partial charge in [0.15, 0.2) is 0 Å². The van der Waals surface area contributed by atoms with Gasteiger partial charge in [-0.2, -0.15) is 0 Å². The van der Waals surface area contributed by atoms with E-state index < -0.39 is 0 Å². The van der Waals surface area contributed by atoms with Crippen molar-refractivity contribution in [3.05, 3.63) is 65.0 Å². The molecule has 0 bridgehead atoms. The second kappa shape index (κ2) is 6.34. The Labute approximate surface area is 113 Å². The largest absolute Gasteiger partial charge is 0.381 e. The molecule has 0 aliphatic heterocycles. The Hall–Kier alpha value is -1.87. The van der Waals surface area contributed by atoms with Gasteiger partial charge >= 0.3 is 0 Å². The van der Waals surface area contributed by atoms with Gasteiger partial charge in [-0.25, -0.2) is 4.39 Å². The summed E-state index contributed by atoms with van der Waals surface area (Å²) in [4.78, 5) is 0. The predicted octanol–water partition coefficient (Wildman–Crippen LogP) is 3.89. The molecule has 2 rings (SSSR count). The Morgan fingerprint density at radius 1 is 1.11 bits per heavy atom. The van der Waals surface area contributed by atoms with Gasteiger partial charge in [0.2, 0.25) is 0 Å². The minimum Gasteiger partial charge on any atom is -0.381 e. The molecule has 2 nitrogen and oxygen atoms in total. The fourth-order valence-electron chi connectivity index (χ4n) is 1.95.